The molecule has 0 bridgehead atoms. The van der Waals surface area contributed by atoms with Crippen molar-refractivity contribution < 1.29 is 17.6 Å². The molecule has 0 atom stereocenters. The van der Waals surface area contributed by atoms with Crippen LogP contribution in [0.2, 0.25) is 0 Å². The van der Waals surface area contributed by atoms with E-state index in [4.69, 9.17) is 0 Å². The second-order valence-electron chi connectivity index (χ2n) is 4.49. The van der Waals surface area contributed by atoms with Crippen molar-refractivity contribution in [2.45, 2.75) is 10.6 Å². The van der Waals surface area contributed by atoms with Crippen LogP contribution in [0.15, 0.2) is 53.4 Å². The first kappa shape index (κ1) is 15.2. The molecule has 0 unspecified atom stereocenters. The molecule has 1 N–H and O–H groups in total. The third-order valence-corrected chi connectivity index (χ3v) is 4.64. The van der Waals surface area contributed by atoms with Crippen LogP contribution in [0.3, 0.4) is 0 Å². The monoisotopic (exact) mass is 307 g/mol. The van der Waals surface area contributed by atoms with Gasteiger partial charge >= 0.3 is 0 Å². The summed E-state index contributed by atoms with van der Waals surface area (Å²) in [5, 5.41) is 2.48. The molecule has 2 aromatic rings. The van der Waals surface area contributed by atoms with Crippen LogP contribution in [0.4, 0.5) is 4.39 Å². The van der Waals surface area contributed by atoms with Gasteiger partial charge in [-0.2, -0.15) is 0 Å². The van der Waals surface area contributed by atoms with Gasteiger partial charge in [0.05, 0.1) is 10.6 Å². The molecule has 4 nitrogen and oxygen atoms in total. The Balaban J connectivity index is 2.23. The summed E-state index contributed by atoms with van der Waals surface area (Å²) in [7, 11) is -2.10. The van der Waals surface area contributed by atoms with Crippen LogP contribution >= 0.6 is 0 Å². The van der Waals surface area contributed by atoms with E-state index in [1.54, 1.807) is 24.3 Å². The van der Waals surface area contributed by atoms with Gasteiger partial charge in [0, 0.05) is 12.6 Å². The second kappa shape index (κ2) is 6.05. The summed E-state index contributed by atoms with van der Waals surface area (Å²) in [6.45, 7) is 0. The molecule has 0 spiro atoms. The Morgan fingerprint density at radius 2 is 1.81 bits per heavy atom. The zero-order valence-electron chi connectivity index (χ0n) is 11.3. The predicted molar refractivity (Wildman–Crippen MR) is 77.1 cm³/mol. The van der Waals surface area contributed by atoms with Crippen molar-refractivity contribution in [1.29, 1.82) is 0 Å². The molecule has 0 aliphatic rings. The molecule has 0 radical (unpaired) electrons. The van der Waals surface area contributed by atoms with E-state index >= 15 is 0 Å². The largest absolute Gasteiger partial charge is 0.355 e. The van der Waals surface area contributed by atoms with Crippen molar-refractivity contribution in [2.24, 2.45) is 0 Å². The summed E-state index contributed by atoms with van der Waals surface area (Å²) in [6.07, 6.45) is 0. The maximum atomic E-state index is 13.1. The van der Waals surface area contributed by atoms with Crippen LogP contribution < -0.4 is 5.32 Å². The predicted octanol–water partition coefficient (Wildman–Crippen LogP) is 2.16. The minimum atomic E-state index is -3.62. The maximum Gasteiger partial charge on any atom is 0.251 e. The first-order valence-electron chi connectivity index (χ1n) is 6.22. The van der Waals surface area contributed by atoms with Crippen LogP contribution in [-0.2, 0) is 15.6 Å². The van der Waals surface area contributed by atoms with E-state index in [0.29, 0.717) is 11.1 Å². The van der Waals surface area contributed by atoms with Gasteiger partial charge in [-0.15, -0.1) is 0 Å². The first-order chi connectivity index (χ1) is 9.92. The molecule has 6 heteroatoms. The number of hydrogen-bond donors (Lipinski definition) is 1. The van der Waals surface area contributed by atoms with Gasteiger partial charge in [0.15, 0.2) is 9.84 Å². The van der Waals surface area contributed by atoms with E-state index in [9.17, 15) is 17.6 Å². The fraction of sp³-hybridized carbons (Fsp3) is 0.133. The molecule has 0 saturated carbocycles. The molecule has 0 aromatic heterocycles. The fourth-order valence-electron chi connectivity index (χ4n) is 1.86. The molecular weight excluding hydrogens is 293 g/mol. The van der Waals surface area contributed by atoms with Crippen molar-refractivity contribution in [3.8, 4) is 0 Å². The molecule has 2 rings (SSSR count). The molecular formula is C15H14FNO3S. The summed E-state index contributed by atoms with van der Waals surface area (Å²) >= 11 is 0. The van der Waals surface area contributed by atoms with E-state index in [1.165, 1.54) is 25.2 Å². The summed E-state index contributed by atoms with van der Waals surface area (Å²) in [6, 6.07) is 11.1. The third kappa shape index (κ3) is 3.66. The SMILES string of the molecule is CNC(=O)c1ccc(CS(=O)(=O)c2cccc(F)c2)cc1. The molecule has 0 heterocycles. The highest BCUT2D eigenvalue weighted by Crippen LogP contribution is 2.17. The minimum absolute atomic E-state index is 0.0575. The van der Waals surface area contributed by atoms with E-state index in [0.717, 1.165) is 6.07 Å². The standard InChI is InChI=1S/C15H14FNO3S/c1-17-15(18)12-7-5-11(6-8-12)10-21(19,20)14-4-2-3-13(16)9-14/h2-9H,10H2,1H3,(H,17,18). The van der Waals surface area contributed by atoms with Crippen molar-refractivity contribution in [3.63, 3.8) is 0 Å². The summed E-state index contributed by atoms with van der Waals surface area (Å²) < 4.78 is 37.5. The van der Waals surface area contributed by atoms with E-state index < -0.39 is 15.7 Å². The lowest BCUT2D eigenvalue weighted by atomic mass is 10.1. The first-order valence-corrected chi connectivity index (χ1v) is 7.87. The number of amides is 1. The van der Waals surface area contributed by atoms with Gasteiger partial charge in [0.1, 0.15) is 5.82 Å². The highest BCUT2D eigenvalue weighted by molar-refractivity contribution is 7.90. The zero-order valence-corrected chi connectivity index (χ0v) is 12.2. The van der Waals surface area contributed by atoms with E-state index in [1.807, 2.05) is 0 Å². The lowest BCUT2D eigenvalue weighted by Gasteiger charge is -2.06. The van der Waals surface area contributed by atoms with Crippen LogP contribution in [0.25, 0.3) is 0 Å². The van der Waals surface area contributed by atoms with Crippen LogP contribution in [-0.4, -0.2) is 21.4 Å². The number of hydrogen-bond acceptors (Lipinski definition) is 3. The highest BCUT2D eigenvalue weighted by Gasteiger charge is 2.16. The Bertz CT molecular complexity index is 755. The Hall–Kier alpha value is -2.21. The summed E-state index contributed by atoms with van der Waals surface area (Å²) in [4.78, 5) is 11.3. The van der Waals surface area contributed by atoms with Gasteiger partial charge in [-0.1, -0.05) is 18.2 Å². The normalized spacial score (nSPS) is 11.1. The Labute approximate surface area is 122 Å². The average Bonchev–Trinajstić information content (AvgIpc) is 2.47. The number of rotatable bonds is 4. The number of benzene rings is 2. The van der Waals surface area contributed by atoms with Crippen molar-refractivity contribution in [2.75, 3.05) is 7.05 Å². The summed E-state index contributed by atoms with van der Waals surface area (Å²) in [5.41, 5.74) is 0.983. The number of nitrogens with one attached hydrogen (secondary N) is 1. The molecule has 21 heavy (non-hydrogen) atoms. The molecule has 110 valence electrons. The van der Waals surface area contributed by atoms with Crippen molar-refractivity contribution in [1.82, 2.24) is 5.32 Å². The van der Waals surface area contributed by atoms with Crippen LogP contribution in [0, 0.1) is 5.82 Å². The van der Waals surface area contributed by atoms with Gasteiger partial charge in [0.2, 0.25) is 0 Å². The highest BCUT2D eigenvalue weighted by atomic mass is 32.2. The maximum absolute atomic E-state index is 13.1. The third-order valence-electron chi connectivity index (χ3n) is 2.96. The fourth-order valence-corrected chi connectivity index (χ4v) is 3.24. The number of sulfone groups is 1. The van der Waals surface area contributed by atoms with Gasteiger partial charge in [-0.05, 0) is 35.9 Å². The van der Waals surface area contributed by atoms with E-state index in [2.05, 4.69) is 5.32 Å². The molecule has 0 fully saturated rings. The number of halogens is 1. The Morgan fingerprint density at radius 1 is 1.14 bits per heavy atom. The second-order valence-corrected chi connectivity index (χ2v) is 6.48. The van der Waals surface area contributed by atoms with Gasteiger partial charge < -0.3 is 5.32 Å². The number of carbonyl (C=O) groups excluding carboxylic acids is 1. The minimum Gasteiger partial charge on any atom is -0.355 e. The van der Waals surface area contributed by atoms with Crippen LogP contribution in [0.1, 0.15) is 15.9 Å². The summed E-state index contributed by atoms with van der Waals surface area (Å²) in [5.74, 6) is -1.08. The topological polar surface area (TPSA) is 63.2 Å². The van der Waals surface area contributed by atoms with Crippen molar-refractivity contribution >= 4 is 15.7 Å². The van der Waals surface area contributed by atoms with Gasteiger partial charge in [0.25, 0.3) is 5.91 Å². The molecule has 1 amide bonds. The molecule has 0 aliphatic heterocycles. The van der Waals surface area contributed by atoms with E-state index in [-0.39, 0.29) is 16.6 Å². The lowest BCUT2D eigenvalue weighted by molar-refractivity contribution is 0.0963. The van der Waals surface area contributed by atoms with Crippen LogP contribution in [0.5, 0.6) is 0 Å². The average molecular weight is 307 g/mol. The Kier molecular flexibility index (Phi) is 4.37. The molecule has 2 aromatic carbocycles. The number of carbonyl (C=O) groups is 1. The van der Waals surface area contributed by atoms with Gasteiger partial charge in [-0.25, -0.2) is 12.8 Å². The molecule has 0 saturated heterocycles. The van der Waals surface area contributed by atoms with Gasteiger partial charge in [-0.3, -0.25) is 4.79 Å². The Morgan fingerprint density at radius 3 is 2.38 bits per heavy atom. The smallest absolute Gasteiger partial charge is 0.251 e. The van der Waals surface area contributed by atoms with Crippen molar-refractivity contribution in [3.05, 3.63) is 65.5 Å². The zero-order chi connectivity index (χ0) is 15.5. The quantitative estimate of drug-likeness (QED) is 0.941. The molecule has 0 aliphatic carbocycles. The lowest BCUT2D eigenvalue weighted by Crippen LogP contribution is -2.17.